The van der Waals surface area contributed by atoms with E-state index in [0.717, 1.165) is 17.8 Å². The molecule has 0 unspecified atom stereocenters. The standard InChI is InChI=1S/C16H20N2O/c1-4-6-8-15(9-7-5-2)18-16(19)14-11-10-13(3)17-12-14/h4,6-12H,5H2,1-3H3,(H,18,19)/b6-4-,9-7-,15-8+. The molecule has 1 amide bonds. The molecule has 0 aliphatic rings. The lowest BCUT2D eigenvalue weighted by Crippen LogP contribution is -2.22. The number of nitrogens with one attached hydrogen (secondary N) is 1. The van der Waals surface area contributed by atoms with Gasteiger partial charge in [-0.1, -0.05) is 25.2 Å². The lowest BCUT2D eigenvalue weighted by Gasteiger charge is -2.05. The minimum absolute atomic E-state index is 0.149. The lowest BCUT2D eigenvalue weighted by molar-refractivity contribution is 0.0967. The number of hydrogen-bond donors (Lipinski definition) is 1. The molecule has 0 saturated carbocycles. The molecule has 19 heavy (non-hydrogen) atoms. The van der Waals surface area contributed by atoms with Gasteiger partial charge in [0.1, 0.15) is 0 Å². The van der Waals surface area contributed by atoms with E-state index in [-0.39, 0.29) is 5.91 Å². The van der Waals surface area contributed by atoms with Crippen molar-refractivity contribution < 1.29 is 4.79 Å². The van der Waals surface area contributed by atoms with Crippen molar-refractivity contribution in [3.63, 3.8) is 0 Å². The van der Waals surface area contributed by atoms with Crippen LogP contribution in [0.4, 0.5) is 0 Å². The van der Waals surface area contributed by atoms with E-state index in [1.807, 2.05) is 50.3 Å². The lowest BCUT2D eigenvalue weighted by atomic mass is 10.2. The molecule has 0 radical (unpaired) electrons. The summed E-state index contributed by atoms with van der Waals surface area (Å²) < 4.78 is 0. The Morgan fingerprint density at radius 2 is 2.21 bits per heavy atom. The van der Waals surface area contributed by atoms with Crippen molar-refractivity contribution in [2.24, 2.45) is 0 Å². The van der Waals surface area contributed by atoms with Crippen molar-refractivity contribution in [1.82, 2.24) is 10.3 Å². The van der Waals surface area contributed by atoms with Crippen LogP contribution < -0.4 is 5.32 Å². The molecule has 0 bridgehead atoms. The third-order valence-electron chi connectivity index (χ3n) is 2.43. The number of carbonyl (C=O) groups excluding carboxylic acids is 1. The van der Waals surface area contributed by atoms with Crippen molar-refractivity contribution in [2.45, 2.75) is 27.2 Å². The normalized spacial score (nSPS) is 12.3. The van der Waals surface area contributed by atoms with Crippen molar-refractivity contribution in [3.05, 3.63) is 65.7 Å². The van der Waals surface area contributed by atoms with E-state index in [1.54, 1.807) is 12.3 Å². The highest BCUT2D eigenvalue weighted by atomic mass is 16.1. The Balaban J connectivity index is 2.81. The minimum atomic E-state index is -0.149. The molecule has 0 spiro atoms. The molecule has 1 heterocycles. The number of aromatic nitrogens is 1. The summed E-state index contributed by atoms with van der Waals surface area (Å²) in [7, 11) is 0. The zero-order valence-corrected chi connectivity index (χ0v) is 11.7. The van der Waals surface area contributed by atoms with E-state index in [2.05, 4.69) is 17.2 Å². The van der Waals surface area contributed by atoms with Crippen LogP contribution in [0.2, 0.25) is 0 Å². The predicted octanol–water partition coefficient (Wildman–Crippen LogP) is 3.55. The summed E-state index contributed by atoms with van der Waals surface area (Å²) in [5.74, 6) is -0.149. The molecule has 0 saturated heterocycles. The van der Waals surface area contributed by atoms with E-state index in [1.165, 1.54) is 0 Å². The van der Waals surface area contributed by atoms with Gasteiger partial charge in [0.2, 0.25) is 0 Å². The summed E-state index contributed by atoms with van der Waals surface area (Å²) in [5, 5.41) is 2.87. The van der Waals surface area contributed by atoms with Gasteiger partial charge < -0.3 is 5.32 Å². The summed E-state index contributed by atoms with van der Waals surface area (Å²) in [6.45, 7) is 5.88. The van der Waals surface area contributed by atoms with Crippen LogP contribution in [0, 0.1) is 6.92 Å². The van der Waals surface area contributed by atoms with Gasteiger partial charge in [-0.15, -0.1) is 0 Å². The van der Waals surface area contributed by atoms with E-state index in [0.29, 0.717) is 5.56 Å². The van der Waals surface area contributed by atoms with Gasteiger partial charge >= 0.3 is 0 Å². The topological polar surface area (TPSA) is 42.0 Å². The van der Waals surface area contributed by atoms with E-state index in [4.69, 9.17) is 0 Å². The van der Waals surface area contributed by atoms with Crippen molar-refractivity contribution in [3.8, 4) is 0 Å². The van der Waals surface area contributed by atoms with E-state index >= 15 is 0 Å². The van der Waals surface area contributed by atoms with Crippen molar-refractivity contribution in [2.75, 3.05) is 0 Å². The van der Waals surface area contributed by atoms with Gasteiger partial charge in [0.15, 0.2) is 0 Å². The number of carbonyl (C=O) groups is 1. The van der Waals surface area contributed by atoms with Gasteiger partial charge in [-0.3, -0.25) is 9.78 Å². The molecule has 100 valence electrons. The SMILES string of the molecule is C\C=C/C=C(\C=C/CC)NC(=O)c1ccc(C)nc1. The molecule has 3 nitrogen and oxygen atoms in total. The number of aryl methyl sites for hydroxylation is 1. The maximum atomic E-state index is 12.0. The molecule has 0 aliphatic carbocycles. The summed E-state index contributed by atoms with van der Waals surface area (Å²) in [6, 6.07) is 3.60. The fourth-order valence-electron chi connectivity index (χ4n) is 1.39. The Morgan fingerprint density at radius 3 is 2.79 bits per heavy atom. The summed E-state index contributed by atoms with van der Waals surface area (Å²) in [5.41, 5.74) is 2.22. The number of amides is 1. The van der Waals surface area contributed by atoms with E-state index in [9.17, 15) is 4.79 Å². The zero-order chi connectivity index (χ0) is 14.1. The van der Waals surface area contributed by atoms with Crippen LogP contribution in [-0.2, 0) is 0 Å². The highest BCUT2D eigenvalue weighted by Gasteiger charge is 2.05. The summed E-state index contributed by atoms with van der Waals surface area (Å²) >= 11 is 0. The third-order valence-corrected chi connectivity index (χ3v) is 2.43. The smallest absolute Gasteiger partial charge is 0.257 e. The molecule has 0 fully saturated rings. The number of allylic oxidation sites excluding steroid dienone is 5. The molecular formula is C16H20N2O. The second-order valence-corrected chi connectivity index (χ2v) is 4.10. The fraction of sp³-hybridized carbons (Fsp3) is 0.250. The van der Waals surface area contributed by atoms with E-state index < -0.39 is 0 Å². The Hall–Kier alpha value is -2.16. The van der Waals surface area contributed by atoms with Crippen LogP contribution in [0.3, 0.4) is 0 Å². The zero-order valence-electron chi connectivity index (χ0n) is 11.7. The van der Waals surface area contributed by atoms with Crippen LogP contribution >= 0.6 is 0 Å². The molecule has 1 rings (SSSR count). The molecule has 0 aromatic carbocycles. The van der Waals surface area contributed by atoms with Gasteiger partial charge in [-0.25, -0.2) is 0 Å². The Morgan fingerprint density at radius 1 is 1.42 bits per heavy atom. The second-order valence-electron chi connectivity index (χ2n) is 4.10. The number of rotatable bonds is 5. The highest BCUT2D eigenvalue weighted by molar-refractivity contribution is 5.95. The van der Waals surface area contributed by atoms with Gasteiger partial charge in [0, 0.05) is 17.6 Å². The van der Waals surface area contributed by atoms with Gasteiger partial charge in [0.25, 0.3) is 5.91 Å². The van der Waals surface area contributed by atoms with Crippen LogP contribution in [0.1, 0.15) is 36.3 Å². The second kappa shape index (κ2) is 8.03. The van der Waals surface area contributed by atoms with Gasteiger partial charge in [0.05, 0.1) is 5.56 Å². The highest BCUT2D eigenvalue weighted by Crippen LogP contribution is 2.02. The van der Waals surface area contributed by atoms with Crippen molar-refractivity contribution in [1.29, 1.82) is 0 Å². The van der Waals surface area contributed by atoms with Crippen molar-refractivity contribution >= 4 is 5.91 Å². The Bertz CT molecular complexity index is 496. The molecular weight excluding hydrogens is 236 g/mol. The number of pyridine rings is 1. The van der Waals surface area contributed by atoms with Crippen LogP contribution in [-0.4, -0.2) is 10.9 Å². The quantitative estimate of drug-likeness (QED) is 0.819. The van der Waals surface area contributed by atoms with Gasteiger partial charge in [-0.05, 0) is 44.6 Å². The molecule has 1 N–H and O–H groups in total. The summed E-state index contributed by atoms with van der Waals surface area (Å²) in [6.07, 6.45) is 12.1. The third kappa shape index (κ3) is 5.34. The monoisotopic (exact) mass is 256 g/mol. The average Bonchev–Trinajstić information content (AvgIpc) is 2.42. The van der Waals surface area contributed by atoms with Crippen LogP contribution in [0.5, 0.6) is 0 Å². The molecule has 0 atom stereocenters. The minimum Gasteiger partial charge on any atom is -0.322 e. The molecule has 1 aromatic rings. The predicted molar refractivity (Wildman–Crippen MR) is 78.8 cm³/mol. The fourth-order valence-corrected chi connectivity index (χ4v) is 1.39. The maximum absolute atomic E-state index is 12.0. The number of hydrogen-bond acceptors (Lipinski definition) is 2. The first-order chi connectivity index (χ1) is 9.17. The largest absolute Gasteiger partial charge is 0.322 e. The van der Waals surface area contributed by atoms with Gasteiger partial charge in [-0.2, -0.15) is 0 Å². The Kier molecular flexibility index (Phi) is 6.30. The molecule has 3 heteroatoms. The molecule has 1 aromatic heterocycles. The number of nitrogens with zero attached hydrogens (tertiary/aromatic N) is 1. The summed E-state index contributed by atoms with van der Waals surface area (Å²) in [4.78, 5) is 16.2. The average molecular weight is 256 g/mol. The van der Waals surface area contributed by atoms with Crippen LogP contribution in [0.25, 0.3) is 0 Å². The van der Waals surface area contributed by atoms with Crippen LogP contribution in [0.15, 0.2) is 54.4 Å². The maximum Gasteiger partial charge on any atom is 0.257 e. The first kappa shape index (κ1) is 14.9. The Labute approximate surface area is 114 Å². The first-order valence-corrected chi connectivity index (χ1v) is 6.41. The first-order valence-electron chi connectivity index (χ1n) is 6.41. The molecule has 0 aliphatic heterocycles.